The van der Waals surface area contributed by atoms with Crippen molar-refractivity contribution < 1.29 is 22.0 Å². The molecule has 0 saturated carbocycles. The fraction of sp³-hybridized carbons (Fsp3) is 0.364. The van der Waals surface area contributed by atoms with Crippen LogP contribution >= 0.6 is 12.2 Å². The molecule has 0 unspecified atom stereocenters. The van der Waals surface area contributed by atoms with Crippen molar-refractivity contribution in [3.8, 4) is 5.75 Å². The molecule has 1 fully saturated rings. The van der Waals surface area contributed by atoms with Gasteiger partial charge < -0.3 is 9.15 Å². The largest absolute Gasteiger partial charge is 0.478 e. The van der Waals surface area contributed by atoms with Crippen LogP contribution in [0, 0.1) is 10.7 Å². The molecule has 0 radical (unpaired) electrons. The highest BCUT2D eigenvalue weighted by atomic mass is 32.2. The fourth-order valence-electron chi connectivity index (χ4n) is 3.57. The first kappa shape index (κ1) is 23.6. The maximum absolute atomic E-state index is 13.8. The second-order valence-corrected chi connectivity index (χ2v) is 10.1. The van der Waals surface area contributed by atoms with Crippen LogP contribution in [0.2, 0.25) is 0 Å². The van der Waals surface area contributed by atoms with Crippen LogP contribution in [-0.4, -0.2) is 53.6 Å². The first-order valence-electron chi connectivity index (χ1n) is 10.5. The van der Waals surface area contributed by atoms with Gasteiger partial charge in [0.25, 0.3) is 10.7 Å². The van der Waals surface area contributed by atoms with Gasteiger partial charge in [-0.2, -0.15) is 4.31 Å². The molecule has 0 bridgehead atoms. The summed E-state index contributed by atoms with van der Waals surface area (Å²) in [4.78, 5) is 2.23. The van der Waals surface area contributed by atoms with Gasteiger partial charge in [-0.1, -0.05) is 42.5 Å². The van der Waals surface area contributed by atoms with Crippen molar-refractivity contribution in [2.24, 2.45) is 0 Å². The van der Waals surface area contributed by atoms with E-state index in [1.807, 2.05) is 30.3 Å². The van der Waals surface area contributed by atoms with E-state index in [4.69, 9.17) is 21.4 Å². The van der Waals surface area contributed by atoms with E-state index in [-0.39, 0.29) is 22.2 Å². The Balaban J connectivity index is 1.34. The summed E-state index contributed by atoms with van der Waals surface area (Å²) in [6, 6.07) is 15.3. The van der Waals surface area contributed by atoms with Gasteiger partial charge >= 0.3 is 0 Å². The number of hydrogen-bond acceptors (Lipinski definition) is 7. The van der Waals surface area contributed by atoms with Gasteiger partial charge in [-0.15, -0.1) is 5.10 Å². The Morgan fingerprint density at radius 1 is 1.09 bits per heavy atom. The van der Waals surface area contributed by atoms with Crippen molar-refractivity contribution >= 4 is 22.2 Å². The molecule has 33 heavy (non-hydrogen) atoms. The number of rotatable bonds is 8. The molecule has 8 nitrogen and oxygen atoms in total. The molecule has 1 atom stereocenters. The van der Waals surface area contributed by atoms with Crippen LogP contribution in [0.25, 0.3) is 0 Å². The molecule has 176 valence electrons. The number of hydrogen-bond donors (Lipinski definition) is 0. The highest BCUT2D eigenvalue weighted by molar-refractivity contribution is 7.88. The van der Waals surface area contributed by atoms with Gasteiger partial charge in [0.1, 0.15) is 0 Å². The molecule has 1 aromatic heterocycles. The molecule has 11 heteroatoms. The normalized spacial score (nSPS) is 16.5. The Labute approximate surface area is 197 Å². The lowest BCUT2D eigenvalue weighted by Crippen LogP contribution is -2.49. The summed E-state index contributed by atoms with van der Waals surface area (Å²) in [5.74, 6) is -0.130. The van der Waals surface area contributed by atoms with E-state index in [9.17, 15) is 12.8 Å². The third-order valence-electron chi connectivity index (χ3n) is 5.36. The second-order valence-electron chi connectivity index (χ2n) is 7.80. The van der Waals surface area contributed by atoms with Crippen LogP contribution in [0.3, 0.4) is 0 Å². The van der Waals surface area contributed by atoms with Crippen LogP contribution in [0.4, 0.5) is 4.39 Å². The van der Waals surface area contributed by atoms with E-state index >= 15 is 0 Å². The van der Waals surface area contributed by atoms with Crippen LogP contribution in [0.5, 0.6) is 5.75 Å². The molecule has 0 aliphatic carbocycles. The summed E-state index contributed by atoms with van der Waals surface area (Å²) in [5, 5.41) is 4.38. The predicted molar refractivity (Wildman–Crippen MR) is 123 cm³/mol. The number of aromatic nitrogens is 2. The van der Waals surface area contributed by atoms with Crippen molar-refractivity contribution in [3.63, 3.8) is 0 Å². The van der Waals surface area contributed by atoms with Crippen molar-refractivity contribution in [2.45, 2.75) is 25.4 Å². The number of nitrogens with zero attached hydrogens (tertiary/aromatic N) is 4. The van der Waals surface area contributed by atoms with E-state index in [0.717, 1.165) is 5.56 Å². The second kappa shape index (κ2) is 10.1. The number of sulfonamides is 1. The van der Waals surface area contributed by atoms with Crippen LogP contribution in [0.15, 0.2) is 59.0 Å². The van der Waals surface area contributed by atoms with Crippen molar-refractivity contribution in [1.82, 2.24) is 19.0 Å². The number of halogens is 1. The van der Waals surface area contributed by atoms with E-state index < -0.39 is 21.9 Å². The number of para-hydroxylation sites is 1. The zero-order valence-electron chi connectivity index (χ0n) is 18.1. The number of benzene rings is 2. The van der Waals surface area contributed by atoms with E-state index in [0.29, 0.717) is 32.8 Å². The average Bonchev–Trinajstić information content (AvgIpc) is 3.16. The fourth-order valence-corrected chi connectivity index (χ4v) is 5.27. The first-order chi connectivity index (χ1) is 15.8. The molecule has 1 aliphatic rings. The highest BCUT2D eigenvalue weighted by Gasteiger charge is 2.28. The molecule has 0 spiro atoms. The smallest absolute Gasteiger partial charge is 0.288 e. The molecule has 2 heterocycles. The minimum atomic E-state index is -3.38. The van der Waals surface area contributed by atoms with Crippen molar-refractivity contribution in [3.05, 3.63) is 76.7 Å². The van der Waals surface area contributed by atoms with Crippen molar-refractivity contribution in [1.29, 1.82) is 0 Å². The number of ether oxygens (including phenoxy) is 1. The molecule has 1 saturated heterocycles. The quantitative estimate of drug-likeness (QED) is 0.445. The molecule has 1 aliphatic heterocycles. The summed E-state index contributed by atoms with van der Waals surface area (Å²) in [7, 11) is -3.38. The Bertz CT molecular complexity index is 1240. The maximum Gasteiger partial charge on any atom is 0.288 e. The Kier molecular flexibility index (Phi) is 7.23. The van der Waals surface area contributed by atoms with Gasteiger partial charge in [-0.05, 0) is 36.8 Å². The summed E-state index contributed by atoms with van der Waals surface area (Å²) in [6.07, 6.45) is -0.634. The number of piperazine rings is 1. The minimum Gasteiger partial charge on any atom is -0.478 e. The lowest BCUT2D eigenvalue weighted by Gasteiger charge is -2.33. The highest BCUT2D eigenvalue weighted by Crippen LogP contribution is 2.23. The Morgan fingerprint density at radius 3 is 2.45 bits per heavy atom. The standard InChI is InChI=1S/C22H25FN4O4S2/c1-17(30-20-10-6-5-9-19(20)23)21-24-27(22(32)31-21)16-25-11-13-26(14-12-25)33(28,29)15-18-7-3-2-4-8-18/h2-10,17H,11-16H2,1H3/t17-/m1/s1. The third-order valence-corrected chi connectivity index (χ3v) is 7.50. The van der Waals surface area contributed by atoms with Gasteiger partial charge in [0.15, 0.2) is 17.7 Å². The zero-order chi connectivity index (χ0) is 23.4. The zero-order valence-corrected chi connectivity index (χ0v) is 19.8. The Hall–Kier alpha value is -2.60. The molecule has 0 N–H and O–H groups in total. The molecule has 2 aromatic carbocycles. The Morgan fingerprint density at radius 2 is 1.76 bits per heavy atom. The molecule has 3 aromatic rings. The van der Waals surface area contributed by atoms with Gasteiger partial charge in [-0.25, -0.2) is 17.5 Å². The van der Waals surface area contributed by atoms with Crippen LogP contribution in [-0.2, 0) is 22.4 Å². The lowest BCUT2D eigenvalue weighted by molar-refractivity contribution is 0.143. The van der Waals surface area contributed by atoms with E-state index in [1.54, 1.807) is 19.1 Å². The maximum atomic E-state index is 13.8. The molecular formula is C22H25FN4O4S2. The van der Waals surface area contributed by atoms with E-state index in [1.165, 1.54) is 21.1 Å². The monoisotopic (exact) mass is 492 g/mol. The van der Waals surface area contributed by atoms with Gasteiger partial charge in [0, 0.05) is 26.2 Å². The topological polar surface area (TPSA) is 80.8 Å². The predicted octanol–water partition coefficient (Wildman–Crippen LogP) is 3.59. The van der Waals surface area contributed by atoms with E-state index in [2.05, 4.69) is 10.00 Å². The summed E-state index contributed by atoms with van der Waals surface area (Å²) in [5.41, 5.74) is 0.771. The van der Waals surface area contributed by atoms with Gasteiger partial charge in [0.2, 0.25) is 10.0 Å². The first-order valence-corrected chi connectivity index (χ1v) is 12.6. The van der Waals surface area contributed by atoms with Gasteiger partial charge in [0.05, 0.1) is 12.4 Å². The van der Waals surface area contributed by atoms with Gasteiger partial charge in [-0.3, -0.25) is 4.90 Å². The summed E-state index contributed by atoms with van der Waals surface area (Å²) >= 11 is 5.28. The average molecular weight is 493 g/mol. The lowest BCUT2D eigenvalue weighted by atomic mass is 10.2. The SMILES string of the molecule is C[C@@H](Oc1ccccc1F)c1nn(CN2CCN(S(=O)(=O)Cc3ccccc3)CC2)c(=S)o1. The summed E-state index contributed by atoms with van der Waals surface area (Å²) in [6.45, 7) is 3.92. The van der Waals surface area contributed by atoms with Crippen LogP contribution in [0.1, 0.15) is 24.5 Å². The van der Waals surface area contributed by atoms with Crippen molar-refractivity contribution in [2.75, 3.05) is 26.2 Å². The minimum absolute atomic E-state index is 0.00849. The molecule has 4 rings (SSSR count). The molecular weight excluding hydrogens is 467 g/mol. The summed E-state index contributed by atoms with van der Waals surface area (Å²) < 4.78 is 53.5. The molecule has 0 amide bonds. The van der Waals surface area contributed by atoms with Crippen LogP contribution < -0.4 is 4.74 Å². The third kappa shape index (κ3) is 5.85.